The summed E-state index contributed by atoms with van der Waals surface area (Å²) in [6.07, 6.45) is 3.11. The Bertz CT molecular complexity index is 742. The van der Waals surface area contributed by atoms with Crippen LogP contribution in [-0.2, 0) is 9.53 Å². The number of ketones is 1. The van der Waals surface area contributed by atoms with Crippen LogP contribution in [0, 0.1) is 13.8 Å². The minimum atomic E-state index is 0.0185. The van der Waals surface area contributed by atoms with Gasteiger partial charge in [-0.2, -0.15) is 0 Å². The van der Waals surface area contributed by atoms with Crippen molar-refractivity contribution in [3.63, 3.8) is 0 Å². The maximum Gasteiger partial charge on any atom is 0.152 e. The Balaban J connectivity index is 0.000000445. The van der Waals surface area contributed by atoms with Gasteiger partial charge in [0, 0.05) is 17.3 Å². The fourth-order valence-electron chi connectivity index (χ4n) is 2.11. The van der Waals surface area contributed by atoms with Gasteiger partial charge in [0.25, 0.3) is 0 Å². The largest absolute Gasteiger partial charge is 0.489 e. The van der Waals surface area contributed by atoms with Crippen molar-refractivity contribution in [1.29, 1.82) is 0 Å². The lowest BCUT2D eigenvalue weighted by molar-refractivity contribution is -0.112. The summed E-state index contributed by atoms with van der Waals surface area (Å²) in [6.45, 7) is 15.7. The molecule has 0 radical (unpaired) electrons. The topological polar surface area (TPSA) is 48.4 Å². The van der Waals surface area contributed by atoms with Crippen molar-refractivity contribution >= 4 is 21.7 Å². The number of aromatic nitrogens is 1. The maximum absolute atomic E-state index is 9.69. The smallest absolute Gasteiger partial charge is 0.152 e. The van der Waals surface area contributed by atoms with Crippen molar-refractivity contribution in [1.82, 2.24) is 4.98 Å². The highest BCUT2D eigenvalue weighted by molar-refractivity contribution is 9.10. The first-order valence-electron chi connectivity index (χ1n) is 9.57. The Morgan fingerprint density at radius 1 is 1.21 bits per heavy atom. The minimum absolute atomic E-state index is 0.0185. The highest BCUT2D eigenvalue weighted by Gasteiger charge is 2.02. The maximum atomic E-state index is 9.69. The lowest BCUT2D eigenvalue weighted by Crippen LogP contribution is -2.15. The molecule has 5 heteroatoms. The lowest BCUT2D eigenvalue weighted by Gasteiger charge is -2.10. The van der Waals surface area contributed by atoms with E-state index in [1.54, 1.807) is 13.3 Å². The van der Waals surface area contributed by atoms with Crippen molar-refractivity contribution in [2.24, 2.45) is 0 Å². The van der Waals surface area contributed by atoms with Gasteiger partial charge in [-0.05, 0) is 75.1 Å². The Morgan fingerprint density at radius 2 is 1.83 bits per heavy atom. The van der Waals surface area contributed by atoms with Gasteiger partial charge < -0.3 is 9.47 Å². The number of carbonyl (C=O) groups is 1. The van der Waals surface area contributed by atoms with Crippen LogP contribution in [-0.4, -0.2) is 30.6 Å². The van der Waals surface area contributed by atoms with Gasteiger partial charge in [0.15, 0.2) is 5.78 Å². The van der Waals surface area contributed by atoms with E-state index in [1.165, 1.54) is 28.6 Å². The Kier molecular flexibility index (Phi) is 13.9. The van der Waals surface area contributed by atoms with Gasteiger partial charge in [0.05, 0.1) is 12.3 Å². The quantitative estimate of drug-likeness (QED) is 0.461. The number of nitrogens with zero attached hydrogens (tertiary/aromatic N) is 1. The second-order valence-corrected chi connectivity index (χ2v) is 7.88. The first-order chi connectivity index (χ1) is 13.6. The predicted molar refractivity (Wildman–Crippen MR) is 125 cm³/mol. The molecule has 0 aliphatic heterocycles. The number of rotatable bonds is 6. The molecule has 4 nitrogen and oxygen atoms in total. The summed E-state index contributed by atoms with van der Waals surface area (Å²) in [4.78, 5) is 13.8. The van der Waals surface area contributed by atoms with Crippen molar-refractivity contribution in [2.45, 2.75) is 53.6 Å². The molecule has 2 rings (SSSR count). The van der Waals surface area contributed by atoms with Crippen LogP contribution in [0.2, 0.25) is 0 Å². The molecular weight excluding hydrogens is 430 g/mol. The molecule has 1 heterocycles. The van der Waals surface area contributed by atoms with Crippen molar-refractivity contribution < 1.29 is 14.3 Å². The number of benzene rings is 1. The monoisotopic (exact) mass is 463 g/mol. The zero-order chi connectivity index (χ0) is 22.4. The predicted octanol–water partition coefficient (Wildman–Crippen LogP) is 6.45. The minimum Gasteiger partial charge on any atom is -0.489 e. The Labute approximate surface area is 184 Å². The Hall–Kier alpha value is -1.98. The molecule has 0 fully saturated rings. The van der Waals surface area contributed by atoms with E-state index in [2.05, 4.69) is 66.5 Å². The van der Waals surface area contributed by atoms with Gasteiger partial charge in [-0.3, -0.25) is 9.78 Å². The first-order valence-corrected chi connectivity index (χ1v) is 10.4. The second kappa shape index (κ2) is 14.9. The van der Waals surface area contributed by atoms with Gasteiger partial charge in [-0.25, -0.2) is 0 Å². The Morgan fingerprint density at radius 3 is 2.24 bits per heavy atom. The van der Waals surface area contributed by atoms with E-state index in [9.17, 15) is 4.79 Å². The number of carbonyl (C=O) groups excluding carboxylic acids is 1. The van der Waals surface area contributed by atoms with Crippen LogP contribution in [0.5, 0.6) is 5.75 Å². The number of ether oxygens (including phenoxy) is 2. The number of halogens is 1. The van der Waals surface area contributed by atoms with Crippen LogP contribution in [0.15, 0.2) is 53.7 Å². The summed E-state index contributed by atoms with van der Waals surface area (Å²) in [6, 6.07) is 10.3. The molecule has 0 amide bonds. The molecule has 29 heavy (non-hydrogen) atoms. The van der Waals surface area contributed by atoms with Crippen LogP contribution in [0.3, 0.4) is 0 Å². The zero-order valence-corrected chi connectivity index (χ0v) is 20.2. The summed E-state index contributed by atoms with van der Waals surface area (Å²) in [5, 5.41) is 0. The normalized spacial score (nSPS) is 10.8. The molecule has 0 aliphatic carbocycles. The van der Waals surface area contributed by atoms with Gasteiger partial charge >= 0.3 is 0 Å². The third-order valence-electron chi connectivity index (χ3n) is 3.91. The SMILES string of the molecule is C=CC(C)=O.COC(C)COc1ccc(C)nc1.Cc1cc(Br)ccc1C(C)C. The van der Waals surface area contributed by atoms with Crippen LogP contribution < -0.4 is 4.74 Å². The highest BCUT2D eigenvalue weighted by atomic mass is 79.9. The molecule has 1 unspecified atom stereocenters. The highest BCUT2D eigenvalue weighted by Crippen LogP contribution is 2.22. The van der Waals surface area contributed by atoms with E-state index in [0.717, 1.165) is 11.4 Å². The summed E-state index contributed by atoms with van der Waals surface area (Å²) in [7, 11) is 1.67. The van der Waals surface area contributed by atoms with E-state index >= 15 is 0 Å². The molecule has 0 N–H and O–H groups in total. The molecule has 1 aromatic carbocycles. The van der Waals surface area contributed by atoms with Crippen molar-refractivity contribution in [3.8, 4) is 5.75 Å². The van der Waals surface area contributed by atoms with Crippen LogP contribution >= 0.6 is 15.9 Å². The number of aryl methyl sites for hydroxylation is 2. The van der Waals surface area contributed by atoms with Crippen LogP contribution in [0.4, 0.5) is 0 Å². The molecule has 1 atom stereocenters. The van der Waals surface area contributed by atoms with Gasteiger partial charge in [-0.15, -0.1) is 0 Å². The standard InChI is InChI=1S/C10H13Br.C10H15NO2.C4H6O/c1-7(2)10-5-4-9(11)6-8(10)3;1-8-4-5-10(6-11-8)13-7-9(2)12-3;1-3-4(2)5/h4-7H,1-3H3;4-6,9H,7H2,1-3H3;3H,1H2,2H3. The lowest BCUT2D eigenvalue weighted by atomic mass is 9.99. The molecule has 160 valence electrons. The van der Waals surface area contributed by atoms with Crippen LogP contribution in [0.25, 0.3) is 0 Å². The molecule has 0 saturated carbocycles. The summed E-state index contributed by atoms with van der Waals surface area (Å²) in [5.74, 6) is 1.43. The van der Waals surface area contributed by atoms with Gasteiger partial charge in [-0.1, -0.05) is 42.4 Å². The fraction of sp³-hybridized carbons (Fsp3) is 0.417. The molecule has 0 saturated heterocycles. The number of hydrogen-bond acceptors (Lipinski definition) is 4. The molecule has 0 bridgehead atoms. The second-order valence-electron chi connectivity index (χ2n) is 6.96. The van der Waals surface area contributed by atoms with Crippen LogP contribution in [0.1, 0.15) is 50.4 Å². The molecule has 2 aromatic rings. The molecule has 0 spiro atoms. The molecular formula is C24H34BrNO3. The van der Waals surface area contributed by atoms with E-state index in [0.29, 0.717) is 12.5 Å². The zero-order valence-electron chi connectivity index (χ0n) is 18.7. The third kappa shape index (κ3) is 13.0. The average Bonchev–Trinajstić information content (AvgIpc) is 2.67. The number of methoxy groups -OCH3 is 1. The van der Waals surface area contributed by atoms with Crippen molar-refractivity contribution in [3.05, 3.63) is 70.5 Å². The summed E-state index contributed by atoms with van der Waals surface area (Å²) < 4.78 is 11.6. The summed E-state index contributed by atoms with van der Waals surface area (Å²) in [5.41, 5.74) is 3.80. The average molecular weight is 464 g/mol. The number of allylic oxidation sites excluding steroid dienone is 1. The molecule has 0 aliphatic rings. The van der Waals surface area contributed by atoms with E-state index < -0.39 is 0 Å². The third-order valence-corrected chi connectivity index (χ3v) is 4.41. The van der Waals surface area contributed by atoms with Gasteiger partial charge in [0.1, 0.15) is 12.4 Å². The van der Waals surface area contributed by atoms with E-state index in [-0.39, 0.29) is 11.9 Å². The summed E-state index contributed by atoms with van der Waals surface area (Å²) >= 11 is 3.45. The molecule has 1 aromatic heterocycles. The number of hydrogen-bond donors (Lipinski definition) is 0. The van der Waals surface area contributed by atoms with Crippen molar-refractivity contribution in [2.75, 3.05) is 13.7 Å². The van der Waals surface area contributed by atoms with E-state index in [1.807, 2.05) is 26.0 Å². The van der Waals surface area contributed by atoms with Gasteiger partial charge in [0.2, 0.25) is 0 Å². The fourth-order valence-corrected chi connectivity index (χ4v) is 2.58. The van der Waals surface area contributed by atoms with E-state index in [4.69, 9.17) is 9.47 Å². The first kappa shape index (κ1) is 27.0. The number of pyridine rings is 1.